The normalized spacial score (nSPS) is 31.8. The molecule has 1 aliphatic heterocycles. The molecule has 3 rings (SSSR count). The summed E-state index contributed by atoms with van der Waals surface area (Å²) in [5.74, 6) is -0.369. The first-order valence-corrected chi connectivity index (χ1v) is 8.20. The molecule has 0 bridgehead atoms. The average molecular weight is 302 g/mol. The van der Waals surface area contributed by atoms with E-state index in [0.717, 1.165) is 19.3 Å². The number of hydrogen-bond acceptors (Lipinski definition) is 3. The zero-order valence-electron chi connectivity index (χ0n) is 13.6. The van der Waals surface area contributed by atoms with Crippen LogP contribution in [0.25, 0.3) is 0 Å². The second-order valence-electron chi connectivity index (χ2n) is 7.76. The standard InChI is InChI=1S/C18H26N2O2/c1-18(2,3)13-7-4-11(5-8-13)16-14-9-6-12(17(21)22)10-15(14)19-20-16/h4-5,7-8,12,14-16,19-20H,6,9-10H2,1-3H3,(H,21,22). The fourth-order valence-electron chi connectivity index (χ4n) is 3.81. The summed E-state index contributed by atoms with van der Waals surface area (Å²) in [6.45, 7) is 6.67. The first kappa shape index (κ1) is 15.5. The molecular formula is C18H26N2O2. The quantitative estimate of drug-likeness (QED) is 0.786. The van der Waals surface area contributed by atoms with Crippen molar-refractivity contribution in [3.63, 3.8) is 0 Å². The highest BCUT2D eigenvalue weighted by Crippen LogP contribution is 2.40. The zero-order valence-corrected chi connectivity index (χ0v) is 13.6. The van der Waals surface area contributed by atoms with Gasteiger partial charge in [0.25, 0.3) is 0 Å². The molecule has 2 fully saturated rings. The summed E-state index contributed by atoms with van der Waals surface area (Å²) in [5, 5.41) is 9.20. The predicted octanol–water partition coefficient (Wildman–Crippen LogP) is 3.00. The van der Waals surface area contributed by atoms with Gasteiger partial charge in [-0.25, -0.2) is 5.43 Å². The molecule has 4 heteroatoms. The summed E-state index contributed by atoms with van der Waals surface area (Å²) in [5.41, 5.74) is 9.52. The lowest BCUT2D eigenvalue weighted by Crippen LogP contribution is -2.38. The maximum absolute atomic E-state index is 11.2. The van der Waals surface area contributed by atoms with Gasteiger partial charge in [-0.2, -0.15) is 0 Å². The third-order valence-electron chi connectivity index (χ3n) is 5.24. The molecule has 1 aliphatic carbocycles. The Kier molecular flexibility index (Phi) is 4.00. The Hall–Kier alpha value is -1.39. The molecule has 22 heavy (non-hydrogen) atoms. The molecule has 1 saturated carbocycles. The average Bonchev–Trinajstić information content (AvgIpc) is 2.89. The van der Waals surface area contributed by atoms with E-state index in [1.807, 2.05) is 0 Å². The summed E-state index contributed by atoms with van der Waals surface area (Å²) in [4.78, 5) is 11.2. The van der Waals surface area contributed by atoms with Gasteiger partial charge in [-0.3, -0.25) is 10.2 Å². The molecule has 1 saturated heterocycles. The van der Waals surface area contributed by atoms with E-state index in [0.29, 0.717) is 5.92 Å². The van der Waals surface area contributed by atoms with Crippen LogP contribution < -0.4 is 10.9 Å². The van der Waals surface area contributed by atoms with Gasteiger partial charge in [0.1, 0.15) is 0 Å². The van der Waals surface area contributed by atoms with Crippen LogP contribution in [0.4, 0.5) is 0 Å². The van der Waals surface area contributed by atoms with Crippen LogP contribution in [-0.4, -0.2) is 17.1 Å². The third-order valence-corrected chi connectivity index (χ3v) is 5.24. The molecule has 4 nitrogen and oxygen atoms in total. The molecule has 0 amide bonds. The predicted molar refractivity (Wildman–Crippen MR) is 86.4 cm³/mol. The molecule has 2 aliphatic rings. The largest absolute Gasteiger partial charge is 0.481 e. The number of hydrogen-bond donors (Lipinski definition) is 3. The topological polar surface area (TPSA) is 61.4 Å². The lowest BCUT2D eigenvalue weighted by molar-refractivity contribution is -0.143. The molecule has 1 aromatic rings. The van der Waals surface area contributed by atoms with Crippen molar-refractivity contribution in [2.24, 2.45) is 11.8 Å². The SMILES string of the molecule is CC(C)(C)c1ccc(C2NNC3CC(C(=O)O)CCC32)cc1. The van der Waals surface area contributed by atoms with Crippen molar-refractivity contribution in [1.82, 2.24) is 10.9 Å². The number of carboxylic acid groups (broad SMARTS) is 1. The molecule has 4 atom stereocenters. The first-order valence-electron chi connectivity index (χ1n) is 8.20. The summed E-state index contributed by atoms with van der Waals surface area (Å²) < 4.78 is 0. The summed E-state index contributed by atoms with van der Waals surface area (Å²) >= 11 is 0. The number of carbonyl (C=O) groups is 1. The lowest BCUT2D eigenvalue weighted by Gasteiger charge is -2.31. The van der Waals surface area contributed by atoms with Crippen molar-refractivity contribution in [3.05, 3.63) is 35.4 Å². The van der Waals surface area contributed by atoms with Crippen LogP contribution in [0, 0.1) is 11.8 Å². The Morgan fingerprint density at radius 3 is 2.41 bits per heavy atom. The Bertz CT molecular complexity index is 547. The van der Waals surface area contributed by atoms with Crippen LogP contribution in [-0.2, 0) is 10.2 Å². The van der Waals surface area contributed by atoms with Crippen molar-refractivity contribution in [3.8, 4) is 0 Å². The number of fused-ring (bicyclic) bond motifs is 1. The monoisotopic (exact) mass is 302 g/mol. The van der Waals surface area contributed by atoms with Crippen LogP contribution >= 0.6 is 0 Å². The number of hydrazine groups is 1. The molecule has 1 heterocycles. The van der Waals surface area contributed by atoms with Crippen LogP contribution in [0.2, 0.25) is 0 Å². The lowest BCUT2D eigenvalue weighted by atomic mass is 9.75. The Morgan fingerprint density at radius 2 is 1.82 bits per heavy atom. The number of rotatable bonds is 2. The van der Waals surface area contributed by atoms with Crippen LogP contribution in [0.1, 0.15) is 57.2 Å². The highest BCUT2D eigenvalue weighted by atomic mass is 16.4. The van der Waals surface area contributed by atoms with Gasteiger partial charge in [0.15, 0.2) is 0 Å². The smallest absolute Gasteiger partial charge is 0.306 e. The Balaban J connectivity index is 1.73. The van der Waals surface area contributed by atoms with Gasteiger partial charge in [-0.05, 0) is 41.7 Å². The van der Waals surface area contributed by atoms with Crippen LogP contribution in [0.5, 0.6) is 0 Å². The zero-order chi connectivity index (χ0) is 15.9. The number of aliphatic carboxylic acids is 1. The van der Waals surface area contributed by atoms with E-state index in [1.54, 1.807) is 0 Å². The second kappa shape index (κ2) is 5.67. The number of carboxylic acids is 1. The Labute approximate surface area is 132 Å². The summed E-state index contributed by atoms with van der Waals surface area (Å²) in [6.07, 6.45) is 2.48. The van der Waals surface area contributed by atoms with Crippen LogP contribution in [0.15, 0.2) is 24.3 Å². The van der Waals surface area contributed by atoms with Crippen molar-refractivity contribution in [1.29, 1.82) is 0 Å². The maximum atomic E-state index is 11.2. The minimum Gasteiger partial charge on any atom is -0.481 e. The van der Waals surface area contributed by atoms with E-state index >= 15 is 0 Å². The fraction of sp³-hybridized carbons (Fsp3) is 0.611. The molecule has 0 radical (unpaired) electrons. The van der Waals surface area contributed by atoms with E-state index in [1.165, 1.54) is 11.1 Å². The van der Waals surface area contributed by atoms with E-state index in [-0.39, 0.29) is 23.4 Å². The van der Waals surface area contributed by atoms with E-state index < -0.39 is 5.97 Å². The van der Waals surface area contributed by atoms with Gasteiger partial charge in [0.05, 0.1) is 12.0 Å². The van der Waals surface area contributed by atoms with Gasteiger partial charge in [-0.15, -0.1) is 0 Å². The molecular weight excluding hydrogens is 276 g/mol. The second-order valence-corrected chi connectivity index (χ2v) is 7.76. The van der Waals surface area contributed by atoms with Crippen molar-refractivity contribution < 1.29 is 9.90 Å². The van der Waals surface area contributed by atoms with Gasteiger partial charge >= 0.3 is 5.97 Å². The van der Waals surface area contributed by atoms with Crippen molar-refractivity contribution >= 4 is 5.97 Å². The molecule has 1 aromatic carbocycles. The van der Waals surface area contributed by atoms with Crippen LogP contribution in [0.3, 0.4) is 0 Å². The first-order chi connectivity index (χ1) is 10.4. The molecule has 4 unspecified atom stereocenters. The van der Waals surface area contributed by atoms with Crippen molar-refractivity contribution in [2.45, 2.75) is 57.5 Å². The van der Waals surface area contributed by atoms with E-state index in [2.05, 4.69) is 55.9 Å². The Morgan fingerprint density at radius 1 is 1.14 bits per heavy atom. The summed E-state index contributed by atoms with van der Waals surface area (Å²) in [7, 11) is 0. The molecule has 120 valence electrons. The molecule has 0 spiro atoms. The maximum Gasteiger partial charge on any atom is 0.306 e. The minimum absolute atomic E-state index is 0.169. The number of benzene rings is 1. The van der Waals surface area contributed by atoms with Gasteiger partial charge in [0, 0.05) is 6.04 Å². The van der Waals surface area contributed by atoms with Gasteiger partial charge in [-0.1, -0.05) is 45.0 Å². The third kappa shape index (κ3) is 2.90. The van der Waals surface area contributed by atoms with Gasteiger partial charge in [0.2, 0.25) is 0 Å². The van der Waals surface area contributed by atoms with Crippen molar-refractivity contribution in [2.75, 3.05) is 0 Å². The summed E-state index contributed by atoms with van der Waals surface area (Å²) in [6, 6.07) is 9.41. The highest BCUT2D eigenvalue weighted by molar-refractivity contribution is 5.70. The highest BCUT2D eigenvalue weighted by Gasteiger charge is 2.42. The molecule has 0 aromatic heterocycles. The van der Waals surface area contributed by atoms with E-state index in [9.17, 15) is 9.90 Å². The number of nitrogens with one attached hydrogen (secondary N) is 2. The van der Waals surface area contributed by atoms with Gasteiger partial charge < -0.3 is 5.11 Å². The minimum atomic E-state index is -0.654. The van der Waals surface area contributed by atoms with E-state index in [4.69, 9.17) is 0 Å². The fourth-order valence-corrected chi connectivity index (χ4v) is 3.81. The molecule has 3 N–H and O–H groups in total.